The van der Waals surface area contributed by atoms with Crippen molar-refractivity contribution in [3.05, 3.63) is 58.7 Å². The maximum atomic E-state index is 13.0. The van der Waals surface area contributed by atoms with E-state index in [9.17, 15) is 19.5 Å². The highest BCUT2D eigenvalue weighted by molar-refractivity contribution is 6.39. The molecule has 1 heterocycles. The second-order valence-corrected chi connectivity index (χ2v) is 6.41. The van der Waals surface area contributed by atoms with Gasteiger partial charge in [-0.3, -0.25) is 14.9 Å². The largest absolute Gasteiger partial charge is 0.504 e. The first kappa shape index (κ1) is 19.2. The number of imide groups is 2. The van der Waals surface area contributed by atoms with Gasteiger partial charge in [-0.05, 0) is 61.7 Å². The second kappa shape index (κ2) is 7.56. The van der Waals surface area contributed by atoms with Crippen molar-refractivity contribution in [2.45, 2.75) is 20.8 Å². The molecule has 0 aromatic heterocycles. The molecule has 0 aliphatic carbocycles. The molecule has 1 saturated heterocycles. The van der Waals surface area contributed by atoms with Crippen LogP contribution < -0.4 is 15.0 Å². The molecular weight excluding hydrogens is 360 g/mol. The fourth-order valence-electron chi connectivity index (χ4n) is 2.89. The summed E-state index contributed by atoms with van der Waals surface area (Å²) in [6.07, 6.45) is 1.37. The Morgan fingerprint density at radius 1 is 1.11 bits per heavy atom. The number of aromatic hydroxyl groups is 1. The zero-order chi connectivity index (χ0) is 20.4. The van der Waals surface area contributed by atoms with Crippen LogP contribution in [0.1, 0.15) is 23.6 Å². The number of hydrogen-bond acceptors (Lipinski definition) is 5. The molecule has 0 atom stereocenters. The van der Waals surface area contributed by atoms with Gasteiger partial charge in [0.2, 0.25) is 0 Å². The summed E-state index contributed by atoms with van der Waals surface area (Å²) in [5.41, 5.74) is 2.32. The number of rotatable bonds is 4. The van der Waals surface area contributed by atoms with Gasteiger partial charge in [-0.1, -0.05) is 18.2 Å². The Labute approximate surface area is 162 Å². The summed E-state index contributed by atoms with van der Waals surface area (Å²) in [7, 11) is 0. The predicted molar refractivity (Wildman–Crippen MR) is 104 cm³/mol. The van der Waals surface area contributed by atoms with Crippen LogP contribution in [-0.4, -0.2) is 29.6 Å². The first-order valence-corrected chi connectivity index (χ1v) is 8.76. The van der Waals surface area contributed by atoms with Gasteiger partial charge in [0.05, 0.1) is 12.3 Å². The molecule has 0 saturated carbocycles. The van der Waals surface area contributed by atoms with Crippen molar-refractivity contribution in [1.82, 2.24) is 5.32 Å². The molecule has 0 spiro atoms. The normalized spacial score (nSPS) is 15.8. The van der Waals surface area contributed by atoms with Gasteiger partial charge in [-0.15, -0.1) is 0 Å². The third-order valence-electron chi connectivity index (χ3n) is 4.30. The molecule has 2 aromatic carbocycles. The van der Waals surface area contributed by atoms with Crippen molar-refractivity contribution in [3.8, 4) is 11.5 Å². The van der Waals surface area contributed by atoms with E-state index in [1.165, 1.54) is 18.2 Å². The first-order valence-electron chi connectivity index (χ1n) is 8.76. The molecule has 2 N–H and O–H groups in total. The van der Waals surface area contributed by atoms with Crippen LogP contribution in [0.3, 0.4) is 0 Å². The Bertz CT molecular complexity index is 1010. The van der Waals surface area contributed by atoms with Gasteiger partial charge >= 0.3 is 6.03 Å². The summed E-state index contributed by atoms with van der Waals surface area (Å²) < 4.78 is 5.33. The van der Waals surface area contributed by atoms with Crippen LogP contribution in [0.4, 0.5) is 10.5 Å². The van der Waals surface area contributed by atoms with Gasteiger partial charge in [0, 0.05) is 0 Å². The lowest BCUT2D eigenvalue weighted by Crippen LogP contribution is -2.54. The van der Waals surface area contributed by atoms with Crippen molar-refractivity contribution in [3.63, 3.8) is 0 Å². The average Bonchev–Trinajstić information content (AvgIpc) is 2.64. The van der Waals surface area contributed by atoms with Crippen LogP contribution in [0.15, 0.2) is 42.0 Å². The highest BCUT2D eigenvalue weighted by Crippen LogP contribution is 2.29. The number of barbiturate groups is 1. The number of urea groups is 1. The first-order chi connectivity index (χ1) is 13.3. The molecule has 1 aliphatic heterocycles. The van der Waals surface area contributed by atoms with Crippen molar-refractivity contribution in [1.29, 1.82) is 0 Å². The van der Waals surface area contributed by atoms with E-state index < -0.39 is 17.8 Å². The van der Waals surface area contributed by atoms with Gasteiger partial charge in [-0.25, -0.2) is 9.69 Å². The predicted octanol–water partition coefficient (Wildman–Crippen LogP) is 3.07. The molecule has 2 aromatic rings. The standard InChI is InChI=1S/C21H20N2O5/c1-4-28-18-11-14(7-8-17(18)24)10-15-19(25)22-21(27)23(20(15)26)16-9-12(2)5-6-13(16)3/h5-11,24H,4H2,1-3H3,(H,22,25,27)/b15-10+. The summed E-state index contributed by atoms with van der Waals surface area (Å²) in [4.78, 5) is 38.6. The van der Waals surface area contributed by atoms with E-state index in [2.05, 4.69) is 5.32 Å². The number of aryl methyl sites for hydroxylation is 2. The quantitative estimate of drug-likeness (QED) is 0.628. The number of nitrogens with zero attached hydrogens (tertiary/aromatic N) is 1. The van der Waals surface area contributed by atoms with E-state index >= 15 is 0 Å². The molecule has 0 radical (unpaired) electrons. The van der Waals surface area contributed by atoms with Crippen LogP contribution in [0.5, 0.6) is 11.5 Å². The third kappa shape index (κ3) is 3.59. The fourth-order valence-corrected chi connectivity index (χ4v) is 2.89. The minimum Gasteiger partial charge on any atom is -0.504 e. The lowest BCUT2D eigenvalue weighted by Gasteiger charge is -2.27. The van der Waals surface area contributed by atoms with Crippen molar-refractivity contribution >= 4 is 29.6 Å². The number of benzene rings is 2. The molecule has 7 nitrogen and oxygen atoms in total. The Morgan fingerprint density at radius 2 is 1.86 bits per heavy atom. The minimum absolute atomic E-state index is 0.0457. The number of carbonyl (C=O) groups excluding carboxylic acids is 3. The monoisotopic (exact) mass is 380 g/mol. The minimum atomic E-state index is -0.790. The number of nitrogens with one attached hydrogen (secondary N) is 1. The molecule has 144 valence electrons. The molecule has 7 heteroatoms. The lowest BCUT2D eigenvalue weighted by atomic mass is 10.0. The zero-order valence-electron chi connectivity index (χ0n) is 15.8. The van der Waals surface area contributed by atoms with E-state index in [0.717, 1.165) is 16.0 Å². The van der Waals surface area contributed by atoms with Gasteiger partial charge in [0.25, 0.3) is 11.8 Å². The van der Waals surface area contributed by atoms with Gasteiger partial charge < -0.3 is 9.84 Å². The second-order valence-electron chi connectivity index (χ2n) is 6.41. The van der Waals surface area contributed by atoms with Gasteiger partial charge in [-0.2, -0.15) is 0 Å². The van der Waals surface area contributed by atoms with Crippen molar-refractivity contribution in [2.75, 3.05) is 11.5 Å². The zero-order valence-corrected chi connectivity index (χ0v) is 15.8. The van der Waals surface area contributed by atoms with Crippen molar-refractivity contribution in [2.24, 2.45) is 0 Å². The highest BCUT2D eigenvalue weighted by Gasteiger charge is 2.37. The van der Waals surface area contributed by atoms with Crippen molar-refractivity contribution < 1.29 is 24.2 Å². The molecule has 0 bridgehead atoms. The topological polar surface area (TPSA) is 95.9 Å². The van der Waals surface area contributed by atoms with E-state index in [1.54, 1.807) is 32.0 Å². The summed E-state index contributed by atoms with van der Waals surface area (Å²) in [6, 6.07) is 9.08. The molecular formula is C21H20N2O5. The maximum absolute atomic E-state index is 13.0. The average molecular weight is 380 g/mol. The van der Waals surface area contributed by atoms with E-state index in [4.69, 9.17) is 4.74 Å². The Balaban J connectivity index is 2.04. The molecule has 0 unspecified atom stereocenters. The Hall–Kier alpha value is -3.61. The summed E-state index contributed by atoms with van der Waals surface area (Å²) >= 11 is 0. The molecule has 1 aliphatic rings. The van der Waals surface area contributed by atoms with Crippen LogP contribution >= 0.6 is 0 Å². The number of ether oxygens (including phenoxy) is 1. The molecule has 28 heavy (non-hydrogen) atoms. The van der Waals surface area contributed by atoms with E-state index in [1.807, 2.05) is 13.0 Å². The summed E-state index contributed by atoms with van der Waals surface area (Å²) in [5.74, 6) is -1.30. The van der Waals surface area contributed by atoms with Crippen LogP contribution in [0.2, 0.25) is 0 Å². The van der Waals surface area contributed by atoms with Crippen LogP contribution in [0, 0.1) is 13.8 Å². The Kier molecular flexibility index (Phi) is 5.17. The molecule has 1 fully saturated rings. The lowest BCUT2D eigenvalue weighted by molar-refractivity contribution is -0.122. The van der Waals surface area contributed by atoms with Crippen LogP contribution in [0.25, 0.3) is 6.08 Å². The van der Waals surface area contributed by atoms with E-state index in [-0.39, 0.29) is 17.1 Å². The SMILES string of the molecule is CCOc1cc(/C=C2\C(=O)NC(=O)N(c3cc(C)ccc3C)C2=O)ccc1O. The number of phenolic OH excluding ortho intramolecular Hbond substituents is 1. The smallest absolute Gasteiger partial charge is 0.335 e. The van der Waals surface area contributed by atoms with Crippen LogP contribution in [-0.2, 0) is 9.59 Å². The Morgan fingerprint density at radius 3 is 2.57 bits per heavy atom. The number of amides is 4. The highest BCUT2D eigenvalue weighted by atomic mass is 16.5. The summed E-state index contributed by atoms with van der Waals surface area (Å²) in [5, 5.41) is 12.0. The third-order valence-corrected chi connectivity index (χ3v) is 4.30. The summed E-state index contributed by atoms with van der Waals surface area (Å²) in [6.45, 7) is 5.75. The number of anilines is 1. The number of carbonyl (C=O) groups is 3. The van der Waals surface area contributed by atoms with Gasteiger partial charge in [0.15, 0.2) is 11.5 Å². The molecule has 3 rings (SSSR count). The molecule has 4 amide bonds. The number of phenols is 1. The number of hydrogen-bond donors (Lipinski definition) is 2. The fraction of sp³-hybridized carbons (Fsp3) is 0.190. The maximum Gasteiger partial charge on any atom is 0.335 e. The van der Waals surface area contributed by atoms with E-state index in [0.29, 0.717) is 17.9 Å². The van der Waals surface area contributed by atoms with Gasteiger partial charge in [0.1, 0.15) is 5.57 Å².